The molecule has 0 aliphatic heterocycles. The molecule has 3 rings (SSSR count). The minimum absolute atomic E-state index is 0.218. The number of benzene rings is 1. The predicted octanol–water partition coefficient (Wildman–Crippen LogP) is 1.70. The van der Waals surface area contributed by atoms with Crippen LogP contribution in [0.1, 0.15) is 11.8 Å². The molecule has 2 aromatic heterocycles. The number of ether oxygens (including phenoxy) is 1. The fourth-order valence-electron chi connectivity index (χ4n) is 2.13. The minimum Gasteiger partial charge on any atom is -0.480 e. The normalized spacial score (nSPS) is 12.5. The van der Waals surface area contributed by atoms with Gasteiger partial charge in [-0.05, 0) is 12.1 Å². The van der Waals surface area contributed by atoms with Gasteiger partial charge in [0.25, 0.3) is 5.56 Å². The molecule has 2 heterocycles. The van der Waals surface area contributed by atoms with Crippen LogP contribution in [-0.2, 0) is 6.54 Å². The highest BCUT2D eigenvalue weighted by atomic mass is 16.5. The lowest BCUT2D eigenvalue weighted by molar-refractivity contribution is 0.363. The van der Waals surface area contributed by atoms with E-state index in [1.165, 1.54) is 23.9 Å². The van der Waals surface area contributed by atoms with Crippen LogP contribution in [0.2, 0.25) is 0 Å². The molecule has 0 bridgehead atoms. The third-order valence-corrected chi connectivity index (χ3v) is 3.23. The van der Waals surface area contributed by atoms with Gasteiger partial charge in [0.05, 0.1) is 19.7 Å². The summed E-state index contributed by atoms with van der Waals surface area (Å²) in [6.45, 7) is 0.218. The summed E-state index contributed by atoms with van der Waals surface area (Å²) in [6.07, 6.45) is 0. The quantitative estimate of drug-likeness (QED) is 0.788. The van der Waals surface area contributed by atoms with E-state index < -0.39 is 6.04 Å². The van der Waals surface area contributed by atoms with Crippen LogP contribution in [0.3, 0.4) is 0 Å². The van der Waals surface area contributed by atoms with E-state index in [-0.39, 0.29) is 12.1 Å². The van der Waals surface area contributed by atoms with Gasteiger partial charge >= 0.3 is 0 Å². The highest BCUT2D eigenvalue weighted by molar-refractivity contribution is 5.77. The van der Waals surface area contributed by atoms with Crippen molar-refractivity contribution in [1.29, 1.82) is 0 Å². The van der Waals surface area contributed by atoms with E-state index in [1.807, 2.05) is 30.3 Å². The molecular weight excluding hydrogens is 270 g/mol. The average molecular weight is 285 g/mol. The Morgan fingerprint density at radius 3 is 2.90 bits per heavy atom. The summed E-state index contributed by atoms with van der Waals surface area (Å²) in [5, 5.41) is 5.05. The lowest BCUT2D eigenvalue weighted by Crippen LogP contribution is -2.28. The molecule has 0 saturated heterocycles. The molecule has 0 fully saturated rings. The molecule has 0 radical (unpaired) electrons. The van der Waals surface area contributed by atoms with E-state index in [2.05, 4.69) is 5.10 Å². The number of furan rings is 1. The first-order valence-corrected chi connectivity index (χ1v) is 6.53. The first-order valence-electron chi connectivity index (χ1n) is 6.53. The summed E-state index contributed by atoms with van der Waals surface area (Å²) in [4.78, 5) is 11.8. The van der Waals surface area contributed by atoms with Crippen molar-refractivity contribution < 1.29 is 9.15 Å². The summed E-state index contributed by atoms with van der Waals surface area (Å²) in [6, 6.07) is 12.0. The van der Waals surface area contributed by atoms with Crippen LogP contribution in [0, 0.1) is 0 Å². The number of nitrogens with two attached hydrogens (primary N) is 1. The maximum absolute atomic E-state index is 11.8. The third kappa shape index (κ3) is 2.66. The zero-order valence-corrected chi connectivity index (χ0v) is 11.5. The first-order chi connectivity index (χ1) is 10.2. The molecule has 1 atom stereocenters. The molecule has 1 unspecified atom stereocenters. The summed E-state index contributed by atoms with van der Waals surface area (Å²) < 4.78 is 12.0. The highest BCUT2D eigenvalue weighted by Gasteiger charge is 2.14. The van der Waals surface area contributed by atoms with Crippen LogP contribution in [0.4, 0.5) is 0 Å². The number of aromatic nitrogens is 2. The predicted molar refractivity (Wildman–Crippen MR) is 78.2 cm³/mol. The van der Waals surface area contributed by atoms with Crippen molar-refractivity contribution in [2.24, 2.45) is 5.73 Å². The molecule has 6 heteroatoms. The largest absolute Gasteiger partial charge is 0.480 e. The molecule has 3 aromatic rings. The zero-order valence-electron chi connectivity index (χ0n) is 11.5. The van der Waals surface area contributed by atoms with Crippen LogP contribution < -0.4 is 16.0 Å². The van der Waals surface area contributed by atoms with Gasteiger partial charge in [0.2, 0.25) is 5.88 Å². The van der Waals surface area contributed by atoms with Crippen molar-refractivity contribution in [3.05, 3.63) is 58.6 Å². The molecule has 108 valence electrons. The van der Waals surface area contributed by atoms with Crippen LogP contribution >= 0.6 is 0 Å². The molecule has 2 N–H and O–H groups in total. The standard InChI is InChI=1S/C15H15N3O3/c1-20-14-6-7-15(19)18(17-14)9-11(16)13-8-10-4-2-3-5-12(10)21-13/h2-8,11H,9,16H2,1H3. The Kier molecular flexibility index (Phi) is 3.45. The van der Waals surface area contributed by atoms with Gasteiger partial charge in [-0.2, -0.15) is 0 Å². The SMILES string of the molecule is COc1ccc(=O)n(CC(N)c2cc3ccccc3o2)n1. The number of hydrogen-bond acceptors (Lipinski definition) is 5. The second-order valence-corrected chi connectivity index (χ2v) is 4.69. The van der Waals surface area contributed by atoms with Crippen molar-refractivity contribution >= 4 is 11.0 Å². The molecule has 21 heavy (non-hydrogen) atoms. The Morgan fingerprint density at radius 1 is 1.33 bits per heavy atom. The fraction of sp³-hybridized carbons (Fsp3) is 0.200. The molecule has 1 aromatic carbocycles. The Labute approximate surface area is 120 Å². The molecule has 0 spiro atoms. The van der Waals surface area contributed by atoms with E-state index in [4.69, 9.17) is 14.9 Å². The van der Waals surface area contributed by atoms with E-state index in [9.17, 15) is 4.79 Å². The smallest absolute Gasteiger partial charge is 0.267 e. The topological polar surface area (TPSA) is 83.3 Å². The molecule has 0 aliphatic rings. The van der Waals surface area contributed by atoms with Crippen molar-refractivity contribution in [3.8, 4) is 5.88 Å². The van der Waals surface area contributed by atoms with Gasteiger partial charge in [0, 0.05) is 17.5 Å². The summed E-state index contributed by atoms with van der Waals surface area (Å²) >= 11 is 0. The lowest BCUT2D eigenvalue weighted by atomic mass is 10.2. The lowest BCUT2D eigenvalue weighted by Gasteiger charge is -2.10. The molecule has 0 aliphatic carbocycles. The van der Waals surface area contributed by atoms with Crippen LogP contribution in [0.5, 0.6) is 5.88 Å². The van der Waals surface area contributed by atoms with Gasteiger partial charge in [0.1, 0.15) is 11.3 Å². The average Bonchev–Trinajstić information content (AvgIpc) is 2.93. The number of hydrogen-bond donors (Lipinski definition) is 1. The second-order valence-electron chi connectivity index (χ2n) is 4.69. The summed E-state index contributed by atoms with van der Waals surface area (Å²) in [5.74, 6) is 0.985. The number of nitrogens with zero attached hydrogens (tertiary/aromatic N) is 2. The molecule has 0 saturated carbocycles. The van der Waals surface area contributed by atoms with E-state index in [0.29, 0.717) is 11.6 Å². The fourth-order valence-corrected chi connectivity index (χ4v) is 2.13. The van der Waals surface area contributed by atoms with Gasteiger partial charge in [-0.15, -0.1) is 5.10 Å². The maximum Gasteiger partial charge on any atom is 0.267 e. The van der Waals surface area contributed by atoms with E-state index in [0.717, 1.165) is 11.0 Å². The van der Waals surface area contributed by atoms with Crippen molar-refractivity contribution in [3.63, 3.8) is 0 Å². The van der Waals surface area contributed by atoms with Crippen molar-refractivity contribution in [1.82, 2.24) is 9.78 Å². The monoisotopic (exact) mass is 285 g/mol. The van der Waals surface area contributed by atoms with Crippen molar-refractivity contribution in [2.45, 2.75) is 12.6 Å². The van der Waals surface area contributed by atoms with E-state index >= 15 is 0 Å². The number of methoxy groups -OCH3 is 1. The number of para-hydroxylation sites is 1. The molecule has 0 amide bonds. The number of rotatable bonds is 4. The molecular formula is C15H15N3O3. The Bertz CT molecular complexity index is 789. The Morgan fingerprint density at radius 2 is 2.14 bits per heavy atom. The van der Waals surface area contributed by atoms with Crippen LogP contribution in [0.15, 0.2) is 51.7 Å². The zero-order chi connectivity index (χ0) is 14.8. The molecule has 6 nitrogen and oxygen atoms in total. The summed E-state index contributed by atoms with van der Waals surface area (Å²) in [5.41, 5.74) is 6.66. The number of fused-ring (bicyclic) bond motifs is 1. The van der Waals surface area contributed by atoms with Gasteiger partial charge in [-0.25, -0.2) is 4.68 Å². The first kappa shape index (κ1) is 13.4. The maximum atomic E-state index is 11.8. The van der Waals surface area contributed by atoms with Crippen molar-refractivity contribution in [2.75, 3.05) is 7.11 Å². The Hall–Kier alpha value is -2.60. The van der Waals surface area contributed by atoms with Gasteiger partial charge in [-0.3, -0.25) is 4.79 Å². The van der Waals surface area contributed by atoms with Crippen LogP contribution in [0.25, 0.3) is 11.0 Å². The van der Waals surface area contributed by atoms with Gasteiger partial charge < -0.3 is 14.9 Å². The summed E-state index contributed by atoms with van der Waals surface area (Å²) in [7, 11) is 1.50. The Balaban J connectivity index is 1.89. The van der Waals surface area contributed by atoms with E-state index in [1.54, 1.807) is 0 Å². The third-order valence-electron chi connectivity index (χ3n) is 3.23. The van der Waals surface area contributed by atoms with Crippen LogP contribution in [-0.4, -0.2) is 16.9 Å². The van der Waals surface area contributed by atoms with Gasteiger partial charge in [0.15, 0.2) is 0 Å². The van der Waals surface area contributed by atoms with Gasteiger partial charge in [-0.1, -0.05) is 18.2 Å². The minimum atomic E-state index is -0.463. The second kappa shape index (κ2) is 5.41. The highest BCUT2D eigenvalue weighted by Crippen LogP contribution is 2.23.